The molecule has 0 amide bonds. The summed E-state index contributed by atoms with van der Waals surface area (Å²) in [7, 11) is 1.67. The summed E-state index contributed by atoms with van der Waals surface area (Å²) in [6.07, 6.45) is 2.40. The van der Waals surface area contributed by atoms with E-state index in [1.54, 1.807) is 7.11 Å². The highest BCUT2D eigenvalue weighted by atomic mass is 16.5. The Balaban J connectivity index is 1.97. The Morgan fingerprint density at radius 1 is 1.20 bits per heavy atom. The first-order chi connectivity index (χ1) is 9.76. The zero-order chi connectivity index (χ0) is 14.4. The van der Waals surface area contributed by atoms with E-state index >= 15 is 0 Å². The number of benzene rings is 1. The van der Waals surface area contributed by atoms with Gasteiger partial charge in [-0.25, -0.2) is 0 Å². The smallest absolute Gasteiger partial charge is 0.163 e. The maximum absolute atomic E-state index is 5.62. The molecule has 1 fully saturated rings. The van der Waals surface area contributed by atoms with E-state index < -0.39 is 0 Å². The number of rotatable bonds is 6. The molecule has 112 valence electrons. The number of likely N-dealkylation sites (tertiary alicyclic amines) is 1. The molecular weight excluding hydrogens is 252 g/mol. The van der Waals surface area contributed by atoms with Crippen molar-refractivity contribution in [2.24, 2.45) is 0 Å². The molecule has 20 heavy (non-hydrogen) atoms. The summed E-state index contributed by atoms with van der Waals surface area (Å²) < 4.78 is 10.9. The van der Waals surface area contributed by atoms with Crippen molar-refractivity contribution in [3.8, 4) is 11.5 Å². The van der Waals surface area contributed by atoms with Crippen molar-refractivity contribution in [2.75, 3.05) is 38.7 Å². The molecule has 1 saturated heterocycles. The maximum atomic E-state index is 5.62. The summed E-state index contributed by atoms with van der Waals surface area (Å²) in [5.41, 5.74) is 1.11. The van der Waals surface area contributed by atoms with Gasteiger partial charge < -0.3 is 19.7 Å². The second kappa shape index (κ2) is 7.39. The van der Waals surface area contributed by atoms with Crippen molar-refractivity contribution in [2.45, 2.75) is 32.7 Å². The van der Waals surface area contributed by atoms with Crippen LogP contribution in [0.15, 0.2) is 18.2 Å². The predicted octanol–water partition coefficient (Wildman–Crippen LogP) is 2.99. The van der Waals surface area contributed by atoms with Gasteiger partial charge in [-0.1, -0.05) is 6.92 Å². The first kappa shape index (κ1) is 15.0. The van der Waals surface area contributed by atoms with Gasteiger partial charge in [-0.05, 0) is 38.4 Å². The van der Waals surface area contributed by atoms with Gasteiger partial charge in [-0.3, -0.25) is 0 Å². The third kappa shape index (κ3) is 3.79. The van der Waals surface area contributed by atoms with E-state index in [0.29, 0.717) is 12.6 Å². The van der Waals surface area contributed by atoms with Crippen LogP contribution in [-0.2, 0) is 0 Å². The Hall–Kier alpha value is -1.42. The van der Waals surface area contributed by atoms with E-state index in [1.165, 1.54) is 25.9 Å². The first-order valence-electron chi connectivity index (χ1n) is 7.56. The molecule has 0 atom stereocenters. The molecule has 0 radical (unpaired) electrons. The lowest BCUT2D eigenvalue weighted by Gasteiger charge is -2.32. The predicted molar refractivity (Wildman–Crippen MR) is 82.9 cm³/mol. The van der Waals surface area contributed by atoms with Crippen molar-refractivity contribution in [3.05, 3.63) is 18.2 Å². The maximum Gasteiger partial charge on any atom is 0.163 e. The van der Waals surface area contributed by atoms with Crippen LogP contribution in [0.25, 0.3) is 0 Å². The summed E-state index contributed by atoms with van der Waals surface area (Å²) in [5.74, 6) is 1.60. The van der Waals surface area contributed by atoms with Crippen LogP contribution < -0.4 is 14.8 Å². The molecular formula is C16H26N2O2. The molecule has 1 aliphatic heterocycles. The molecule has 4 heteroatoms. The summed E-state index contributed by atoms with van der Waals surface area (Å²) >= 11 is 0. The van der Waals surface area contributed by atoms with Gasteiger partial charge in [0.2, 0.25) is 0 Å². The SMILES string of the molecule is CCOc1cc(NC2CCN(CC)CC2)ccc1OC. The van der Waals surface area contributed by atoms with Crippen LogP contribution >= 0.6 is 0 Å². The molecule has 0 bridgehead atoms. The lowest BCUT2D eigenvalue weighted by molar-refractivity contribution is 0.229. The fourth-order valence-corrected chi connectivity index (χ4v) is 2.66. The number of ether oxygens (including phenoxy) is 2. The number of methoxy groups -OCH3 is 1. The van der Waals surface area contributed by atoms with Crippen molar-refractivity contribution < 1.29 is 9.47 Å². The van der Waals surface area contributed by atoms with E-state index in [1.807, 2.05) is 19.1 Å². The highest BCUT2D eigenvalue weighted by Gasteiger charge is 2.18. The average molecular weight is 278 g/mol. The molecule has 1 aromatic rings. The number of hydrogen-bond donors (Lipinski definition) is 1. The Morgan fingerprint density at radius 2 is 1.95 bits per heavy atom. The quantitative estimate of drug-likeness (QED) is 0.867. The average Bonchev–Trinajstić information content (AvgIpc) is 2.49. The number of nitrogens with zero attached hydrogens (tertiary/aromatic N) is 1. The number of anilines is 1. The van der Waals surface area contributed by atoms with E-state index in [9.17, 15) is 0 Å². The molecule has 0 unspecified atom stereocenters. The van der Waals surface area contributed by atoms with Crippen LogP contribution in [0.1, 0.15) is 26.7 Å². The van der Waals surface area contributed by atoms with Gasteiger partial charge in [0, 0.05) is 30.9 Å². The first-order valence-corrected chi connectivity index (χ1v) is 7.56. The standard InChI is InChI=1S/C16H26N2O2/c1-4-18-10-8-13(9-11-18)17-14-6-7-15(19-3)16(12-14)20-5-2/h6-7,12-13,17H,4-5,8-11H2,1-3H3. The Labute approximate surface area is 122 Å². The van der Waals surface area contributed by atoms with E-state index in [-0.39, 0.29) is 0 Å². The largest absolute Gasteiger partial charge is 0.493 e. The zero-order valence-corrected chi connectivity index (χ0v) is 12.8. The fourth-order valence-electron chi connectivity index (χ4n) is 2.66. The van der Waals surface area contributed by atoms with Crippen molar-refractivity contribution in [1.29, 1.82) is 0 Å². The molecule has 4 nitrogen and oxygen atoms in total. The highest BCUT2D eigenvalue weighted by Crippen LogP contribution is 2.31. The molecule has 1 aliphatic rings. The molecule has 2 rings (SSSR count). The second-order valence-corrected chi connectivity index (χ2v) is 5.15. The monoisotopic (exact) mass is 278 g/mol. The molecule has 1 N–H and O–H groups in total. The molecule has 1 aromatic carbocycles. The van der Waals surface area contributed by atoms with E-state index in [0.717, 1.165) is 23.7 Å². The minimum absolute atomic E-state index is 0.556. The normalized spacial score (nSPS) is 16.9. The van der Waals surface area contributed by atoms with E-state index in [4.69, 9.17) is 9.47 Å². The summed E-state index contributed by atoms with van der Waals surface area (Å²) in [5, 5.41) is 3.61. The summed E-state index contributed by atoms with van der Waals surface area (Å²) in [4.78, 5) is 2.50. The number of hydrogen-bond acceptors (Lipinski definition) is 4. The number of piperidine rings is 1. The summed E-state index contributed by atoms with van der Waals surface area (Å²) in [6.45, 7) is 8.38. The number of nitrogens with one attached hydrogen (secondary N) is 1. The van der Waals surface area contributed by atoms with Gasteiger partial charge in [0.15, 0.2) is 11.5 Å². The van der Waals surface area contributed by atoms with Crippen LogP contribution in [0.5, 0.6) is 11.5 Å². The lowest BCUT2D eigenvalue weighted by Crippen LogP contribution is -2.38. The minimum atomic E-state index is 0.556. The molecule has 0 aliphatic carbocycles. The topological polar surface area (TPSA) is 33.7 Å². The van der Waals surface area contributed by atoms with Crippen LogP contribution in [-0.4, -0.2) is 44.3 Å². The van der Waals surface area contributed by atoms with Crippen LogP contribution in [0.2, 0.25) is 0 Å². The van der Waals surface area contributed by atoms with Gasteiger partial charge in [-0.2, -0.15) is 0 Å². The fraction of sp³-hybridized carbons (Fsp3) is 0.625. The van der Waals surface area contributed by atoms with Gasteiger partial charge in [-0.15, -0.1) is 0 Å². The molecule has 1 heterocycles. The molecule has 0 spiro atoms. The molecule has 0 aromatic heterocycles. The lowest BCUT2D eigenvalue weighted by atomic mass is 10.0. The van der Waals surface area contributed by atoms with Crippen LogP contribution in [0.4, 0.5) is 5.69 Å². The van der Waals surface area contributed by atoms with Crippen LogP contribution in [0, 0.1) is 0 Å². The van der Waals surface area contributed by atoms with E-state index in [2.05, 4.69) is 23.2 Å². The highest BCUT2D eigenvalue weighted by molar-refractivity contribution is 5.55. The van der Waals surface area contributed by atoms with Gasteiger partial charge in [0.25, 0.3) is 0 Å². The minimum Gasteiger partial charge on any atom is -0.493 e. The zero-order valence-electron chi connectivity index (χ0n) is 12.8. The third-order valence-corrected chi connectivity index (χ3v) is 3.87. The van der Waals surface area contributed by atoms with Gasteiger partial charge in [0.1, 0.15) is 0 Å². The van der Waals surface area contributed by atoms with Crippen molar-refractivity contribution >= 4 is 5.69 Å². The summed E-state index contributed by atoms with van der Waals surface area (Å²) in [6, 6.07) is 6.62. The Kier molecular flexibility index (Phi) is 5.53. The third-order valence-electron chi connectivity index (χ3n) is 3.87. The Bertz CT molecular complexity index is 415. The van der Waals surface area contributed by atoms with Crippen LogP contribution in [0.3, 0.4) is 0 Å². The van der Waals surface area contributed by atoms with Gasteiger partial charge in [0.05, 0.1) is 13.7 Å². The second-order valence-electron chi connectivity index (χ2n) is 5.15. The van der Waals surface area contributed by atoms with Gasteiger partial charge >= 0.3 is 0 Å². The van der Waals surface area contributed by atoms with Crippen molar-refractivity contribution in [3.63, 3.8) is 0 Å². The molecule has 0 saturated carbocycles. The van der Waals surface area contributed by atoms with Crippen molar-refractivity contribution in [1.82, 2.24) is 4.90 Å². The Morgan fingerprint density at radius 3 is 2.55 bits per heavy atom.